The summed E-state index contributed by atoms with van der Waals surface area (Å²) >= 11 is 0. The van der Waals surface area contributed by atoms with Crippen LogP contribution in [0.4, 0.5) is 0 Å². The molecule has 0 atom stereocenters. The van der Waals surface area contributed by atoms with E-state index >= 15 is 0 Å². The zero-order chi connectivity index (χ0) is 8.43. The Hall–Kier alpha value is -0.980. The van der Waals surface area contributed by atoms with Gasteiger partial charge in [-0.1, -0.05) is 6.92 Å². The fourth-order valence-corrected chi connectivity index (χ4v) is 1.28. The average molecular weight is 150 g/mol. The van der Waals surface area contributed by atoms with Crippen LogP contribution in [0.2, 0.25) is 0 Å². The second-order valence-corrected chi connectivity index (χ2v) is 2.90. The van der Waals surface area contributed by atoms with Crippen LogP contribution < -0.4 is 0 Å². The minimum atomic E-state index is 0.380. The minimum Gasteiger partial charge on any atom is -0.508 e. The van der Waals surface area contributed by atoms with Crippen LogP contribution in [0.3, 0.4) is 0 Å². The van der Waals surface area contributed by atoms with E-state index in [0.717, 1.165) is 6.42 Å². The molecule has 0 spiro atoms. The molecular weight excluding hydrogens is 136 g/mol. The Kier molecular flexibility index (Phi) is 2.18. The third-order valence-electron chi connectivity index (χ3n) is 2.14. The Bertz CT molecular complexity index is 264. The lowest BCUT2D eigenvalue weighted by molar-refractivity contribution is 0.474. The van der Waals surface area contributed by atoms with E-state index in [2.05, 4.69) is 13.8 Å². The average Bonchev–Trinajstić information content (AvgIpc) is 1.96. The van der Waals surface area contributed by atoms with Gasteiger partial charge in [-0.25, -0.2) is 0 Å². The van der Waals surface area contributed by atoms with E-state index in [0.29, 0.717) is 5.75 Å². The number of aryl methyl sites for hydroxylation is 2. The first-order chi connectivity index (χ1) is 5.15. The quantitative estimate of drug-likeness (QED) is 0.652. The Balaban J connectivity index is 3.24. The molecule has 0 aliphatic carbocycles. The molecule has 1 N–H and O–H groups in total. The largest absolute Gasteiger partial charge is 0.508 e. The zero-order valence-electron chi connectivity index (χ0n) is 7.31. The summed E-state index contributed by atoms with van der Waals surface area (Å²) in [6, 6.07) is 3.64. The number of rotatable bonds is 1. The summed E-state index contributed by atoms with van der Waals surface area (Å²) < 4.78 is 0. The van der Waals surface area contributed by atoms with E-state index in [4.69, 9.17) is 0 Å². The Morgan fingerprint density at radius 1 is 1.27 bits per heavy atom. The summed E-state index contributed by atoms with van der Waals surface area (Å²) in [6.07, 6.45) is 0.987. The highest BCUT2D eigenvalue weighted by molar-refractivity contribution is 5.40. The highest BCUT2D eigenvalue weighted by Crippen LogP contribution is 2.20. The van der Waals surface area contributed by atoms with Crippen molar-refractivity contribution in [1.82, 2.24) is 0 Å². The van der Waals surface area contributed by atoms with Gasteiger partial charge in [-0.3, -0.25) is 0 Å². The highest BCUT2D eigenvalue weighted by Gasteiger charge is 2.00. The maximum absolute atomic E-state index is 9.25. The SMILES string of the molecule is CCc1cc(O)cc(C)c1C. The fourth-order valence-electron chi connectivity index (χ4n) is 1.28. The number of hydrogen-bond acceptors (Lipinski definition) is 1. The van der Waals surface area contributed by atoms with Crippen molar-refractivity contribution in [2.24, 2.45) is 0 Å². The van der Waals surface area contributed by atoms with E-state index in [1.807, 2.05) is 13.0 Å². The zero-order valence-corrected chi connectivity index (χ0v) is 7.31. The molecule has 0 aliphatic heterocycles. The van der Waals surface area contributed by atoms with Crippen molar-refractivity contribution < 1.29 is 5.11 Å². The van der Waals surface area contributed by atoms with Crippen molar-refractivity contribution in [3.8, 4) is 5.75 Å². The summed E-state index contributed by atoms with van der Waals surface area (Å²) in [4.78, 5) is 0. The molecule has 1 aromatic rings. The molecular formula is C10H14O. The van der Waals surface area contributed by atoms with E-state index < -0.39 is 0 Å². The van der Waals surface area contributed by atoms with Gasteiger partial charge in [-0.2, -0.15) is 0 Å². The van der Waals surface area contributed by atoms with E-state index in [-0.39, 0.29) is 0 Å². The van der Waals surface area contributed by atoms with Gasteiger partial charge in [-0.05, 0) is 49.1 Å². The molecule has 60 valence electrons. The lowest BCUT2D eigenvalue weighted by atomic mass is 10.0. The van der Waals surface area contributed by atoms with Crippen LogP contribution in [0, 0.1) is 13.8 Å². The van der Waals surface area contributed by atoms with Gasteiger partial charge in [0.15, 0.2) is 0 Å². The number of aromatic hydroxyl groups is 1. The molecule has 0 heterocycles. The van der Waals surface area contributed by atoms with E-state index in [1.54, 1.807) is 6.07 Å². The standard InChI is InChI=1S/C10H14O/c1-4-9-6-10(11)5-7(2)8(9)3/h5-6,11H,4H2,1-3H3. The molecule has 0 saturated heterocycles. The third kappa shape index (κ3) is 1.53. The van der Waals surface area contributed by atoms with Crippen LogP contribution in [0.5, 0.6) is 5.75 Å². The van der Waals surface area contributed by atoms with Crippen LogP contribution in [-0.2, 0) is 6.42 Å². The molecule has 11 heavy (non-hydrogen) atoms. The number of benzene rings is 1. The summed E-state index contributed by atoms with van der Waals surface area (Å²) in [6.45, 7) is 6.21. The van der Waals surface area contributed by atoms with Crippen LogP contribution in [0.1, 0.15) is 23.6 Å². The molecule has 0 aromatic heterocycles. The van der Waals surface area contributed by atoms with Crippen molar-refractivity contribution in [1.29, 1.82) is 0 Å². The monoisotopic (exact) mass is 150 g/mol. The van der Waals surface area contributed by atoms with Gasteiger partial charge in [0.2, 0.25) is 0 Å². The number of phenols is 1. The molecule has 1 rings (SSSR count). The molecule has 0 aliphatic rings. The van der Waals surface area contributed by atoms with Crippen molar-refractivity contribution >= 4 is 0 Å². The number of phenolic OH excluding ortho intramolecular Hbond substituents is 1. The topological polar surface area (TPSA) is 20.2 Å². The summed E-state index contributed by atoms with van der Waals surface area (Å²) in [7, 11) is 0. The Morgan fingerprint density at radius 3 is 2.45 bits per heavy atom. The predicted molar refractivity (Wildman–Crippen MR) is 47.0 cm³/mol. The highest BCUT2D eigenvalue weighted by atomic mass is 16.3. The van der Waals surface area contributed by atoms with Crippen LogP contribution in [0.15, 0.2) is 12.1 Å². The normalized spacial score (nSPS) is 10.1. The maximum atomic E-state index is 9.25. The van der Waals surface area contributed by atoms with Gasteiger partial charge in [0, 0.05) is 0 Å². The van der Waals surface area contributed by atoms with Crippen molar-refractivity contribution in [3.05, 3.63) is 28.8 Å². The van der Waals surface area contributed by atoms with E-state index in [9.17, 15) is 5.11 Å². The molecule has 0 saturated carbocycles. The van der Waals surface area contributed by atoms with Gasteiger partial charge in [-0.15, -0.1) is 0 Å². The van der Waals surface area contributed by atoms with Gasteiger partial charge >= 0.3 is 0 Å². The maximum Gasteiger partial charge on any atom is 0.116 e. The second-order valence-electron chi connectivity index (χ2n) is 2.90. The first-order valence-electron chi connectivity index (χ1n) is 3.94. The Labute approximate surface area is 67.7 Å². The van der Waals surface area contributed by atoms with E-state index in [1.165, 1.54) is 16.7 Å². The molecule has 0 bridgehead atoms. The van der Waals surface area contributed by atoms with Gasteiger partial charge in [0.05, 0.1) is 0 Å². The minimum absolute atomic E-state index is 0.380. The smallest absolute Gasteiger partial charge is 0.116 e. The van der Waals surface area contributed by atoms with Gasteiger partial charge in [0.25, 0.3) is 0 Å². The first kappa shape index (κ1) is 8.12. The lowest BCUT2D eigenvalue weighted by Gasteiger charge is -2.06. The molecule has 0 fully saturated rings. The first-order valence-corrected chi connectivity index (χ1v) is 3.94. The fraction of sp³-hybridized carbons (Fsp3) is 0.400. The predicted octanol–water partition coefficient (Wildman–Crippen LogP) is 2.57. The summed E-state index contributed by atoms with van der Waals surface area (Å²) in [5, 5.41) is 9.25. The molecule has 0 amide bonds. The molecule has 0 radical (unpaired) electrons. The third-order valence-corrected chi connectivity index (χ3v) is 2.14. The Morgan fingerprint density at radius 2 is 1.91 bits per heavy atom. The molecule has 1 heteroatoms. The van der Waals surface area contributed by atoms with Crippen molar-refractivity contribution in [3.63, 3.8) is 0 Å². The lowest BCUT2D eigenvalue weighted by Crippen LogP contribution is -1.89. The van der Waals surface area contributed by atoms with Crippen LogP contribution >= 0.6 is 0 Å². The summed E-state index contributed by atoms with van der Waals surface area (Å²) in [5.41, 5.74) is 3.70. The molecule has 1 nitrogen and oxygen atoms in total. The van der Waals surface area contributed by atoms with Gasteiger partial charge in [0.1, 0.15) is 5.75 Å². The second kappa shape index (κ2) is 2.95. The number of hydrogen-bond donors (Lipinski definition) is 1. The van der Waals surface area contributed by atoms with Crippen LogP contribution in [-0.4, -0.2) is 5.11 Å². The van der Waals surface area contributed by atoms with Crippen LogP contribution in [0.25, 0.3) is 0 Å². The van der Waals surface area contributed by atoms with Crippen molar-refractivity contribution in [2.45, 2.75) is 27.2 Å². The van der Waals surface area contributed by atoms with Gasteiger partial charge < -0.3 is 5.11 Å². The molecule has 0 unspecified atom stereocenters. The summed E-state index contributed by atoms with van der Waals surface area (Å²) in [5.74, 6) is 0.380. The molecule has 1 aromatic carbocycles. The van der Waals surface area contributed by atoms with Crippen molar-refractivity contribution in [2.75, 3.05) is 0 Å².